The molecular weight excluding hydrogens is 592 g/mol. The molecule has 0 aliphatic carbocycles. The second-order valence-corrected chi connectivity index (χ2v) is 13.9. The molecule has 2 heterocycles. The number of oxime groups is 2. The van der Waals surface area contributed by atoms with Crippen LogP contribution in [0.4, 0.5) is 0 Å². The first-order valence-corrected chi connectivity index (χ1v) is 14.8. The Morgan fingerprint density at radius 3 is 1.57 bits per heavy atom. The van der Waals surface area contributed by atoms with Crippen LogP contribution in [0.25, 0.3) is 0 Å². The third-order valence-electron chi connectivity index (χ3n) is 3.76. The van der Waals surface area contributed by atoms with Crippen LogP contribution < -0.4 is 10.6 Å². The van der Waals surface area contributed by atoms with Crippen LogP contribution in [0, 0.1) is 0 Å². The fourth-order valence-electron chi connectivity index (χ4n) is 2.37. The topological polar surface area (TPSA) is 89.2 Å². The zero-order valence-corrected chi connectivity index (χ0v) is 22.6. The lowest BCUT2D eigenvalue weighted by Gasteiger charge is -2.07. The normalized spacial score (nSPS) is 12.6. The summed E-state index contributed by atoms with van der Waals surface area (Å²) in [6, 6.07) is 8.09. The van der Waals surface area contributed by atoms with E-state index in [4.69, 9.17) is 10.4 Å². The highest BCUT2D eigenvalue weighted by molar-refractivity contribution is 9.11. The molecule has 0 fully saturated rings. The molecule has 0 unspecified atom stereocenters. The standard InChI is InChI=1S/C18H24Br2N4O2S4/c19-17-3-1-15(29-17)9-13(23-25)11-21-5-7-27-28-8-6-22-12-14(24-26)10-16-2-4-18(20)30-16/h1-4,21-22,25-26H,5-12H2/b23-13+,24-14+. The highest BCUT2D eigenvalue weighted by Crippen LogP contribution is 2.23. The van der Waals surface area contributed by atoms with Gasteiger partial charge in [0.25, 0.3) is 0 Å². The maximum Gasteiger partial charge on any atom is 0.0760 e. The summed E-state index contributed by atoms with van der Waals surface area (Å²) >= 11 is 10.2. The zero-order valence-electron chi connectivity index (χ0n) is 16.1. The average Bonchev–Trinajstić information content (AvgIpc) is 3.34. The van der Waals surface area contributed by atoms with Gasteiger partial charge in [-0.05, 0) is 56.1 Å². The van der Waals surface area contributed by atoms with E-state index in [2.05, 4.69) is 52.8 Å². The van der Waals surface area contributed by atoms with Gasteiger partial charge in [-0.25, -0.2) is 0 Å². The van der Waals surface area contributed by atoms with Gasteiger partial charge in [0, 0.05) is 60.3 Å². The maximum absolute atomic E-state index is 9.16. The monoisotopic (exact) mass is 614 g/mol. The third-order valence-corrected chi connectivity index (χ3v) is 9.42. The van der Waals surface area contributed by atoms with E-state index in [-0.39, 0.29) is 0 Å². The van der Waals surface area contributed by atoms with Crippen molar-refractivity contribution in [2.45, 2.75) is 12.8 Å². The summed E-state index contributed by atoms with van der Waals surface area (Å²) in [6.45, 7) is 2.89. The van der Waals surface area contributed by atoms with Crippen molar-refractivity contribution in [1.82, 2.24) is 10.6 Å². The summed E-state index contributed by atoms with van der Waals surface area (Å²) in [6.07, 6.45) is 1.33. The van der Waals surface area contributed by atoms with Gasteiger partial charge in [0.2, 0.25) is 0 Å². The fraction of sp³-hybridized carbons (Fsp3) is 0.444. The average molecular weight is 616 g/mol. The van der Waals surface area contributed by atoms with Gasteiger partial charge in [-0.15, -0.1) is 22.7 Å². The Balaban J connectivity index is 1.45. The van der Waals surface area contributed by atoms with Crippen LogP contribution in [-0.4, -0.2) is 59.5 Å². The van der Waals surface area contributed by atoms with Gasteiger partial charge >= 0.3 is 0 Å². The van der Waals surface area contributed by atoms with E-state index in [0.717, 1.165) is 43.6 Å². The van der Waals surface area contributed by atoms with Crippen molar-refractivity contribution in [3.05, 3.63) is 41.6 Å². The van der Waals surface area contributed by atoms with Gasteiger partial charge in [-0.1, -0.05) is 31.9 Å². The quantitative estimate of drug-likeness (QED) is 0.0711. The van der Waals surface area contributed by atoms with Gasteiger partial charge in [-0.2, -0.15) is 0 Å². The Morgan fingerprint density at radius 1 is 0.800 bits per heavy atom. The number of hydrogen-bond donors (Lipinski definition) is 4. The summed E-state index contributed by atoms with van der Waals surface area (Å²) in [5.74, 6) is 1.95. The van der Waals surface area contributed by atoms with Crippen LogP contribution in [0.15, 0.2) is 42.1 Å². The van der Waals surface area contributed by atoms with Gasteiger partial charge in [0.15, 0.2) is 0 Å². The summed E-state index contributed by atoms with van der Waals surface area (Å²) in [5.41, 5.74) is 1.48. The van der Waals surface area contributed by atoms with Gasteiger partial charge in [-0.3, -0.25) is 0 Å². The van der Waals surface area contributed by atoms with Crippen LogP contribution >= 0.6 is 76.1 Å². The van der Waals surface area contributed by atoms with Crippen LogP contribution in [0.3, 0.4) is 0 Å². The second kappa shape index (κ2) is 15.7. The first-order valence-electron chi connectivity index (χ1n) is 9.14. The van der Waals surface area contributed by atoms with E-state index in [9.17, 15) is 0 Å². The summed E-state index contributed by atoms with van der Waals surface area (Å²) < 4.78 is 2.17. The number of hydrogen-bond acceptors (Lipinski definition) is 10. The van der Waals surface area contributed by atoms with Crippen molar-refractivity contribution in [3.63, 3.8) is 0 Å². The molecule has 0 saturated heterocycles. The van der Waals surface area contributed by atoms with E-state index in [0.29, 0.717) is 25.9 Å². The Hall–Kier alpha value is -0.0800. The molecule has 0 aromatic carbocycles. The molecule has 0 spiro atoms. The number of rotatable bonds is 15. The molecule has 12 heteroatoms. The fourth-order valence-corrected chi connectivity index (χ4v) is 7.31. The molecular formula is C18H24Br2N4O2S4. The lowest BCUT2D eigenvalue weighted by Crippen LogP contribution is -2.26. The zero-order chi connectivity index (χ0) is 21.6. The van der Waals surface area contributed by atoms with Crippen LogP contribution in [0.1, 0.15) is 9.75 Å². The van der Waals surface area contributed by atoms with E-state index in [1.54, 1.807) is 22.7 Å². The first-order chi connectivity index (χ1) is 14.6. The van der Waals surface area contributed by atoms with Crippen LogP contribution in [0.5, 0.6) is 0 Å². The number of halogens is 2. The molecule has 0 radical (unpaired) electrons. The van der Waals surface area contributed by atoms with Crippen LogP contribution in [0.2, 0.25) is 0 Å². The number of nitrogens with one attached hydrogen (secondary N) is 2. The molecule has 2 aromatic heterocycles. The predicted molar refractivity (Wildman–Crippen MR) is 141 cm³/mol. The van der Waals surface area contributed by atoms with Crippen molar-refractivity contribution in [2.75, 3.05) is 37.7 Å². The van der Waals surface area contributed by atoms with Crippen molar-refractivity contribution >= 4 is 87.5 Å². The summed E-state index contributed by atoms with van der Waals surface area (Å²) in [5, 5.41) is 31.8. The molecule has 0 atom stereocenters. The smallest absolute Gasteiger partial charge is 0.0760 e. The van der Waals surface area contributed by atoms with Gasteiger partial charge < -0.3 is 21.0 Å². The SMILES string of the molecule is O/N=C(/CNCCSSCCNC/C(Cc1ccc(Br)s1)=N/O)Cc1ccc(Br)s1. The predicted octanol–water partition coefficient (Wildman–Crippen LogP) is 5.34. The molecule has 0 aliphatic heterocycles. The molecule has 0 amide bonds. The molecule has 30 heavy (non-hydrogen) atoms. The highest BCUT2D eigenvalue weighted by atomic mass is 79.9. The van der Waals surface area contributed by atoms with Gasteiger partial charge in [0.1, 0.15) is 0 Å². The summed E-state index contributed by atoms with van der Waals surface area (Å²) in [7, 11) is 3.63. The molecule has 4 N–H and O–H groups in total. The lowest BCUT2D eigenvalue weighted by atomic mass is 10.2. The number of nitrogens with zero attached hydrogens (tertiary/aromatic N) is 2. The Morgan fingerprint density at radius 2 is 1.23 bits per heavy atom. The maximum atomic E-state index is 9.16. The van der Waals surface area contributed by atoms with E-state index >= 15 is 0 Å². The van der Waals surface area contributed by atoms with Crippen molar-refractivity contribution in [2.24, 2.45) is 10.3 Å². The molecule has 0 aliphatic rings. The van der Waals surface area contributed by atoms with Crippen LogP contribution in [-0.2, 0) is 12.8 Å². The minimum atomic E-state index is 0.586. The van der Waals surface area contributed by atoms with Crippen molar-refractivity contribution in [3.8, 4) is 0 Å². The molecule has 0 bridgehead atoms. The molecule has 2 aromatic rings. The first kappa shape index (κ1) is 26.2. The van der Waals surface area contributed by atoms with Crippen molar-refractivity contribution in [1.29, 1.82) is 0 Å². The summed E-state index contributed by atoms with van der Waals surface area (Å²) in [4.78, 5) is 2.35. The molecule has 6 nitrogen and oxygen atoms in total. The van der Waals surface area contributed by atoms with E-state index < -0.39 is 0 Å². The van der Waals surface area contributed by atoms with Gasteiger partial charge in [0.05, 0.1) is 19.0 Å². The second-order valence-electron chi connectivity index (χ2n) is 6.10. The molecule has 0 saturated carbocycles. The number of thiophene rings is 2. The Kier molecular flexibility index (Phi) is 13.7. The largest absolute Gasteiger partial charge is 0.411 e. The van der Waals surface area contributed by atoms with E-state index in [1.165, 1.54) is 9.75 Å². The van der Waals surface area contributed by atoms with Crippen molar-refractivity contribution < 1.29 is 10.4 Å². The molecule has 166 valence electrons. The Labute approximate surface area is 209 Å². The van der Waals surface area contributed by atoms with E-state index in [1.807, 2.05) is 45.9 Å². The lowest BCUT2D eigenvalue weighted by molar-refractivity contribution is 0.316. The minimum Gasteiger partial charge on any atom is -0.411 e. The highest BCUT2D eigenvalue weighted by Gasteiger charge is 2.06. The molecule has 2 rings (SSSR count). The Bertz CT molecular complexity index is 747. The third kappa shape index (κ3) is 11.0. The minimum absolute atomic E-state index is 0.586.